The number of H-pyrrole nitrogens is 1. The van der Waals surface area contributed by atoms with Gasteiger partial charge < -0.3 is 24.3 Å². The fourth-order valence-corrected chi connectivity index (χ4v) is 3.14. The summed E-state index contributed by atoms with van der Waals surface area (Å²) in [5.41, 5.74) is 1.62. The number of aromatic amines is 1. The van der Waals surface area contributed by atoms with Gasteiger partial charge in [0.25, 0.3) is 11.5 Å². The quantitative estimate of drug-likeness (QED) is 0.755. The van der Waals surface area contributed by atoms with Crippen molar-refractivity contribution in [2.75, 3.05) is 13.2 Å². The second-order valence-electron chi connectivity index (χ2n) is 6.32. The zero-order valence-corrected chi connectivity index (χ0v) is 14.5. The number of hydrogen-bond donors (Lipinski definition) is 2. The molecule has 3 heterocycles. The number of nitrogens with one attached hydrogen (secondary N) is 2. The summed E-state index contributed by atoms with van der Waals surface area (Å²) in [6, 6.07) is 7.14. The third-order valence-corrected chi connectivity index (χ3v) is 4.55. The Hall–Kier alpha value is -3.22. The molecular weight excluding hydrogens is 334 g/mol. The Kier molecular flexibility index (Phi) is 3.91. The van der Waals surface area contributed by atoms with Crippen LogP contribution in [-0.2, 0) is 7.05 Å². The lowest BCUT2D eigenvalue weighted by Gasteiger charge is -2.21. The lowest BCUT2D eigenvalue weighted by atomic mass is 10.1. The molecule has 7 nitrogen and oxygen atoms in total. The molecule has 0 saturated carbocycles. The molecule has 1 atom stereocenters. The molecule has 26 heavy (non-hydrogen) atoms. The Balaban J connectivity index is 1.61. The molecule has 1 aliphatic rings. The van der Waals surface area contributed by atoms with Gasteiger partial charge in [0.15, 0.2) is 11.5 Å². The zero-order chi connectivity index (χ0) is 18.3. The van der Waals surface area contributed by atoms with E-state index in [0.717, 1.165) is 5.56 Å². The minimum absolute atomic E-state index is 0.165. The number of aryl methyl sites for hydroxylation is 1. The minimum Gasteiger partial charge on any atom is -0.486 e. The van der Waals surface area contributed by atoms with Crippen molar-refractivity contribution < 1.29 is 14.3 Å². The average molecular weight is 353 g/mol. The highest BCUT2D eigenvalue weighted by atomic mass is 16.6. The van der Waals surface area contributed by atoms with Crippen molar-refractivity contribution in [2.45, 2.75) is 13.0 Å². The van der Waals surface area contributed by atoms with E-state index in [1.807, 2.05) is 25.1 Å². The molecule has 0 bridgehead atoms. The van der Waals surface area contributed by atoms with Gasteiger partial charge in [-0.15, -0.1) is 0 Å². The summed E-state index contributed by atoms with van der Waals surface area (Å²) in [6.45, 7) is 2.96. The molecule has 1 aromatic carbocycles. The highest BCUT2D eigenvalue weighted by Crippen LogP contribution is 2.32. The van der Waals surface area contributed by atoms with Crippen molar-refractivity contribution in [3.05, 3.63) is 58.1 Å². The monoisotopic (exact) mass is 353 g/mol. The van der Waals surface area contributed by atoms with Crippen molar-refractivity contribution in [2.24, 2.45) is 7.05 Å². The van der Waals surface area contributed by atoms with Crippen LogP contribution in [0.4, 0.5) is 0 Å². The summed E-state index contributed by atoms with van der Waals surface area (Å²) in [4.78, 5) is 27.8. The number of amides is 1. The molecule has 0 fully saturated rings. The third-order valence-electron chi connectivity index (χ3n) is 4.55. The number of carbonyl (C=O) groups is 1. The fraction of sp³-hybridized carbons (Fsp3) is 0.263. The normalized spacial score (nSPS) is 14.2. The first-order valence-electron chi connectivity index (χ1n) is 8.41. The van der Waals surface area contributed by atoms with E-state index in [2.05, 4.69) is 10.3 Å². The number of nitrogens with zero attached hydrogens (tertiary/aromatic N) is 1. The van der Waals surface area contributed by atoms with Crippen molar-refractivity contribution in [1.29, 1.82) is 0 Å². The van der Waals surface area contributed by atoms with E-state index in [1.165, 1.54) is 4.57 Å². The highest BCUT2D eigenvalue weighted by molar-refractivity contribution is 6.06. The van der Waals surface area contributed by atoms with Gasteiger partial charge in [-0.2, -0.15) is 0 Å². The second-order valence-corrected chi connectivity index (χ2v) is 6.32. The number of fused-ring (bicyclic) bond motifs is 2. The molecule has 3 aromatic rings. The van der Waals surface area contributed by atoms with Crippen molar-refractivity contribution in [3.63, 3.8) is 0 Å². The van der Waals surface area contributed by atoms with Crippen molar-refractivity contribution in [1.82, 2.24) is 14.9 Å². The van der Waals surface area contributed by atoms with Gasteiger partial charge in [-0.05, 0) is 30.7 Å². The third kappa shape index (κ3) is 2.71. The molecule has 7 heteroatoms. The summed E-state index contributed by atoms with van der Waals surface area (Å²) in [7, 11) is 1.63. The average Bonchev–Trinajstić information content (AvgIpc) is 3.14. The van der Waals surface area contributed by atoms with E-state index >= 15 is 0 Å². The van der Waals surface area contributed by atoms with Crippen LogP contribution in [0, 0.1) is 0 Å². The second kappa shape index (κ2) is 6.25. The predicted octanol–water partition coefficient (Wildman–Crippen LogP) is 2.13. The number of hydrogen-bond acceptors (Lipinski definition) is 4. The lowest BCUT2D eigenvalue weighted by Crippen LogP contribution is -2.29. The summed E-state index contributed by atoms with van der Waals surface area (Å²) in [6.07, 6.45) is 3.22. The van der Waals surface area contributed by atoms with E-state index in [1.54, 1.807) is 25.5 Å². The van der Waals surface area contributed by atoms with E-state index in [-0.39, 0.29) is 17.5 Å². The topological polar surface area (TPSA) is 85.4 Å². The number of aromatic nitrogens is 2. The van der Waals surface area contributed by atoms with E-state index in [0.29, 0.717) is 41.2 Å². The molecule has 2 N–H and O–H groups in total. The molecule has 2 aromatic heterocycles. The molecule has 1 amide bonds. The molecule has 0 radical (unpaired) electrons. The van der Waals surface area contributed by atoms with E-state index in [9.17, 15) is 9.59 Å². The summed E-state index contributed by atoms with van der Waals surface area (Å²) in [5.74, 6) is 1.16. The van der Waals surface area contributed by atoms with Gasteiger partial charge in [-0.1, -0.05) is 6.07 Å². The van der Waals surface area contributed by atoms with Gasteiger partial charge in [0.1, 0.15) is 18.7 Å². The number of benzene rings is 1. The molecule has 1 aliphatic heterocycles. The van der Waals surface area contributed by atoms with Crippen molar-refractivity contribution in [3.8, 4) is 11.5 Å². The van der Waals surface area contributed by atoms with Crippen LogP contribution in [0.15, 0.2) is 41.5 Å². The largest absolute Gasteiger partial charge is 0.486 e. The van der Waals surface area contributed by atoms with Crippen LogP contribution < -0.4 is 20.3 Å². The first-order chi connectivity index (χ1) is 12.5. The predicted molar refractivity (Wildman–Crippen MR) is 96.9 cm³/mol. The van der Waals surface area contributed by atoms with Crippen LogP contribution in [0.3, 0.4) is 0 Å². The Morgan fingerprint density at radius 1 is 1.23 bits per heavy atom. The molecule has 0 spiro atoms. The smallest absolute Gasteiger partial charge is 0.274 e. The number of rotatable bonds is 3. The van der Waals surface area contributed by atoms with Gasteiger partial charge in [0.2, 0.25) is 0 Å². The van der Waals surface area contributed by atoms with Crippen LogP contribution in [0.1, 0.15) is 28.9 Å². The van der Waals surface area contributed by atoms with Gasteiger partial charge >= 0.3 is 0 Å². The highest BCUT2D eigenvalue weighted by Gasteiger charge is 2.19. The van der Waals surface area contributed by atoms with E-state index < -0.39 is 0 Å². The first kappa shape index (κ1) is 16.3. The summed E-state index contributed by atoms with van der Waals surface area (Å²) in [5, 5.41) is 3.59. The molecule has 4 rings (SSSR count). The molecule has 1 unspecified atom stereocenters. The van der Waals surface area contributed by atoms with Crippen LogP contribution in [0.2, 0.25) is 0 Å². The molecule has 134 valence electrons. The molecule has 0 aliphatic carbocycles. The molecular formula is C19H19N3O4. The lowest BCUT2D eigenvalue weighted by molar-refractivity contribution is 0.0940. The maximum atomic E-state index is 12.8. The Morgan fingerprint density at radius 2 is 2.00 bits per heavy atom. The fourth-order valence-electron chi connectivity index (χ4n) is 3.14. The maximum Gasteiger partial charge on any atom is 0.274 e. The van der Waals surface area contributed by atoms with Gasteiger partial charge in [0, 0.05) is 24.8 Å². The minimum atomic E-state index is -0.243. The van der Waals surface area contributed by atoms with Gasteiger partial charge in [-0.3, -0.25) is 9.59 Å². The first-order valence-corrected chi connectivity index (χ1v) is 8.41. The van der Waals surface area contributed by atoms with Gasteiger partial charge in [0.05, 0.1) is 11.6 Å². The number of carbonyl (C=O) groups excluding carboxylic acids is 1. The SMILES string of the molecule is CC(NC(=O)c1cn(C)c(=O)c2[nH]ccc12)c1ccc2c(c1)OCCO2. The van der Waals surface area contributed by atoms with E-state index in [4.69, 9.17) is 9.47 Å². The Morgan fingerprint density at radius 3 is 2.81 bits per heavy atom. The zero-order valence-electron chi connectivity index (χ0n) is 14.5. The van der Waals surface area contributed by atoms with Crippen molar-refractivity contribution >= 4 is 16.8 Å². The summed E-state index contributed by atoms with van der Waals surface area (Å²) < 4.78 is 12.5. The summed E-state index contributed by atoms with van der Waals surface area (Å²) >= 11 is 0. The van der Waals surface area contributed by atoms with Crippen LogP contribution in [0.25, 0.3) is 10.9 Å². The van der Waals surface area contributed by atoms with Crippen LogP contribution in [0.5, 0.6) is 11.5 Å². The Bertz CT molecular complexity index is 1050. The Labute approximate surface area is 149 Å². The standard InChI is InChI=1S/C19H19N3O4/c1-11(12-3-4-15-16(9-12)26-8-7-25-15)21-18(23)14-10-22(2)19(24)17-13(14)5-6-20-17/h3-6,9-11,20H,7-8H2,1-2H3,(H,21,23). The van der Waals surface area contributed by atoms with Crippen LogP contribution >= 0.6 is 0 Å². The van der Waals surface area contributed by atoms with Gasteiger partial charge in [-0.25, -0.2) is 0 Å². The van der Waals surface area contributed by atoms with Crippen LogP contribution in [-0.4, -0.2) is 28.7 Å². The number of pyridine rings is 1. The maximum absolute atomic E-state index is 12.8. The number of ether oxygens (including phenoxy) is 2. The molecule has 0 saturated heterocycles.